The molecule has 6 nitrogen and oxygen atoms in total. The van der Waals surface area contributed by atoms with Crippen LogP contribution in [0.5, 0.6) is 0 Å². The van der Waals surface area contributed by atoms with Crippen molar-refractivity contribution in [3.05, 3.63) is 12.3 Å². The second-order valence-electron chi connectivity index (χ2n) is 5.92. The molecule has 0 aliphatic carbocycles. The SMILES string of the molecule is C=C(C)OC(=O)N1CCN(CC(=O)N2CCCC2)C(C)C1. The maximum Gasteiger partial charge on any atom is 0.414 e. The molecule has 0 radical (unpaired) electrons. The van der Waals surface area contributed by atoms with Crippen LogP contribution in [0.4, 0.5) is 4.79 Å². The number of piperazine rings is 1. The quantitative estimate of drug-likeness (QED) is 0.736. The normalized spacial score (nSPS) is 23.2. The van der Waals surface area contributed by atoms with Crippen LogP contribution in [0, 0.1) is 0 Å². The van der Waals surface area contributed by atoms with E-state index in [0.29, 0.717) is 31.9 Å². The Morgan fingerprint density at radius 3 is 2.38 bits per heavy atom. The van der Waals surface area contributed by atoms with E-state index < -0.39 is 0 Å². The first-order valence-electron chi connectivity index (χ1n) is 7.61. The molecule has 2 rings (SSSR count). The van der Waals surface area contributed by atoms with E-state index in [1.54, 1.807) is 11.8 Å². The second-order valence-corrected chi connectivity index (χ2v) is 5.92. The molecule has 6 heteroatoms. The van der Waals surface area contributed by atoms with Crippen molar-refractivity contribution in [1.82, 2.24) is 14.7 Å². The van der Waals surface area contributed by atoms with Gasteiger partial charge in [-0.15, -0.1) is 0 Å². The van der Waals surface area contributed by atoms with Crippen LogP contribution in [-0.2, 0) is 9.53 Å². The highest BCUT2D eigenvalue weighted by Crippen LogP contribution is 2.14. The molecule has 2 saturated heterocycles. The zero-order valence-electron chi connectivity index (χ0n) is 13.0. The minimum atomic E-state index is -0.347. The Kier molecular flexibility index (Phi) is 5.22. The first kappa shape index (κ1) is 15.8. The summed E-state index contributed by atoms with van der Waals surface area (Å²) in [6.45, 7) is 11.4. The van der Waals surface area contributed by atoms with Gasteiger partial charge in [-0.25, -0.2) is 4.79 Å². The lowest BCUT2D eigenvalue weighted by atomic mass is 10.2. The molecule has 2 fully saturated rings. The summed E-state index contributed by atoms with van der Waals surface area (Å²) in [4.78, 5) is 29.8. The molecule has 0 bridgehead atoms. The maximum atomic E-state index is 12.2. The summed E-state index contributed by atoms with van der Waals surface area (Å²) in [6.07, 6.45) is 1.88. The molecule has 2 amide bonds. The standard InChI is InChI=1S/C15H25N3O3/c1-12(2)21-15(20)18-9-8-17(13(3)10-18)11-14(19)16-6-4-5-7-16/h13H,1,4-11H2,2-3H3. The molecule has 118 valence electrons. The van der Waals surface area contributed by atoms with Gasteiger partial charge in [0.15, 0.2) is 0 Å². The third-order valence-corrected chi connectivity index (χ3v) is 4.08. The van der Waals surface area contributed by atoms with E-state index in [-0.39, 0.29) is 18.0 Å². The van der Waals surface area contributed by atoms with Gasteiger partial charge in [0.05, 0.1) is 12.3 Å². The third-order valence-electron chi connectivity index (χ3n) is 4.08. The van der Waals surface area contributed by atoms with Crippen molar-refractivity contribution in [3.8, 4) is 0 Å². The molecule has 2 aliphatic rings. The fourth-order valence-corrected chi connectivity index (χ4v) is 2.85. The number of rotatable bonds is 3. The first-order chi connectivity index (χ1) is 9.97. The van der Waals surface area contributed by atoms with E-state index in [1.807, 2.05) is 11.8 Å². The van der Waals surface area contributed by atoms with Crippen LogP contribution in [0.2, 0.25) is 0 Å². The average Bonchev–Trinajstić information content (AvgIpc) is 2.94. The van der Waals surface area contributed by atoms with Crippen molar-refractivity contribution in [2.24, 2.45) is 0 Å². The molecule has 0 aromatic heterocycles. The van der Waals surface area contributed by atoms with Gasteiger partial charge >= 0.3 is 6.09 Å². The number of hydrogen-bond donors (Lipinski definition) is 0. The Hall–Kier alpha value is -1.56. The predicted molar refractivity (Wildman–Crippen MR) is 79.7 cm³/mol. The lowest BCUT2D eigenvalue weighted by Gasteiger charge is -2.39. The van der Waals surface area contributed by atoms with E-state index in [1.165, 1.54) is 0 Å². The van der Waals surface area contributed by atoms with Gasteiger partial charge in [-0.2, -0.15) is 0 Å². The van der Waals surface area contributed by atoms with E-state index in [2.05, 4.69) is 11.5 Å². The van der Waals surface area contributed by atoms with Gasteiger partial charge < -0.3 is 14.5 Å². The van der Waals surface area contributed by atoms with E-state index >= 15 is 0 Å². The van der Waals surface area contributed by atoms with Gasteiger partial charge in [-0.1, -0.05) is 6.58 Å². The molecule has 0 spiro atoms. The number of amides is 2. The molecular weight excluding hydrogens is 270 g/mol. The zero-order valence-corrected chi connectivity index (χ0v) is 13.0. The lowest BCUT2D eigenvalue weighted by molar-refractivity contribution is -0.132. The van der Waals surface area contributed by atoms with Crippen LogP contribution in [0.1, 0.15) is 26.7 Å². The largest absolute Gasteiger partial charge is 0.416 e. The van der Waals surface area contributed by atoms with Crippen LogP contribution < -0.4 is 0 Å². The van der Waals surface area contributed by atoms with Crippen molar-refractivity contribution >= 4 is 12.0 Å². The van der Waals surface area contributed by atoms with Crippen LogP contribution in [0.3, 0.4) is 0 Å². The molecule has 2 heterocycles. The van der Waals surface area contributed by atoms with E-state index in [0.717, 1.165) is 25.9 Å². The number of nitrogens with zero attached hydrogens (tertiary/aromatic N) is 3. The Bertz CT molecular complexity index is 418. The minimum absolute atomic E-state index is 0.156. The van der Waals surface area contributed by atoms with Gasteiger partial charge in [0.2, 0.25) is 5.91 Å². The summed E-state index contributed by atoms with van der Waals surface area (Å²) in [7, 11) is 0. The van der Waals surface area contributed by atoms with Crippen LogP contribution in [0.15, 0.2) is 12.3 Å². The van der Waals surface area contributed by atoms with Crippen molar-refractivity contribution in [1.29, 1.82) is 0 Å². The van der Waals surface area contributed by atoms with Gasteiger partial charge in [0.1, 0.15) is 0 Å². The topological polar surface area (TPSA) is 53.1 Å². The van der Waals surface area contributed by atoms with Crippen molar-refractivity contribution in [2.45, 2.75) is 32.7 Å². The summed E-state index contributed by atoms with van der Waals surface area (Å²) in [5.41, 5.74) is 0. The summed E-state index contributed by atoms with van der Waals surface area (Å²) < 4.78 is 5.03. The van der Waals surface area contributed by atoms with Gasteiger partial charge in [0.25, 0.3) is 0 Å². The zero-order chi connectivity index (χ0) is 15.4. The molecular formula is C15H25N3O3. The maximum absolute atomic E-state index is 12.2. The Balaban J connectivity index is 1.81. The third kappa shape index (κ3) is 4.20. The number of carbonyl (C=O) groups is 2. The summed E-state index contributed by atoms with van der Waals surface area (Å²) in [5.74, 6) is 0.608. The van der Waals surface area contributed by atoms with Crippen molar-refractivity contribution in [3.63, 3.8) is 0 Å². The monoisotopic (exact) mass is 295 g/mol. The van der Waals surface area contributed by atoms with Gasteiger partial charge in [-0.3, -0.25) is 9.69 Å². The number of hydrogen-bond acceptors (Lipinski definition) is 4. The second kappa shape index (κ2) is 6.93. The Morgan fingerprint density at radius 1 is 1.14 bits per heavy atom. The fourth-order valence-electron chi connectivity index (χ4n) is 2.85. The number of likely N-dealkylation sites (tertiary alicyclic amines) is 1. The van der Waals surface area contributed by atoms with Crippen LogP contribution in [-0.4, -0.2) is 72.0 Å². The number of carbonyl (C=O) groups excluding carboxylic acids is 2. The molecule has 0 saturated carbocycles. The fraction of sp³-hybridized carbons (Fsp3) is 0.733. The Labute approximate surface area is 126 Å². The van der Waals surface area contributed by atoms with E-state index in [9.17, 15) is 9.59 Å². The van der Waals surface area contributed by atoms with Crippen molar-refractivity contribution in [2.75, 3.05) is 39.3 Å². The molecule has 1 atom stereocenters. The first-order valence-corrected chi connectivity index (χ1v) is 7.61. The molecule has 0 aromatic rings. The summed E-state index contributed by atoms with van der Waals surface area (Å²) in [6, 6.07) is 0.156. The lowest BCUT2D eigenvalue weighted by Crippen LogP contribution is -2.55. The Morgan fingerprint density at radius 2 is 1.81 bits per heavy atom. The summed E-state index contributed by atoms with van der Waals surface area (Å²) in [5, 5.41) is 0. The predicted octanol–water partition coefficient (Wildman–Crippen LogP) is 1.29. The van der Waals surface area contributed by atoms with Crippen LogP contribution >= 0.6 is 0 Å². The van der Waals surface area contributed by atoms with Crippen LogP contribution in [0.25, 0.3) is 0 Å². The number of allylic oxidation sites excluding steroid dienone is 1. The average molecular weight is 295 g/mol. The number of ether oxygens (including phenoxy) is 1. The highest BCUT2D eigenvalue weighted by molar-refractivity contribution is 5.78. The highest BCUT2D eigenvalue weighted by atomic mass is 16.6. The molecule has 21 heavy (non-hydrogen) atoms. The smallest absolute Gasteiger partial charge is 0.414 e. The van der Waals surface area contributed by atoms with Gasteiger partial charge in [-0.05, 0) is 26.7 Å². The molecule has 1 unspecified atom stereocenters. The highest BCUT2D eigenvalue weighted by Gasteiger charge is 2.30. The molecule has 0 aromatic carbocycles. The molecule has 2 aliphatic heterocycles. The van der Waals surface area contributed by atoms with Gasteiger partial charge in [0, 0.05) is 38.8 Å². The molecule has 0 N–H and O–H groups in total. The van der Waals surface area contributed by atoms with E-state index in [4.69, 9.17) is 4.74 Å². The summed E-state index contributed by atoms with van der Waals surface area (Å²) >= 11 is 0. The van der Waals surface area contributed by atoms with Crippen molar-refractivity contribution < 1.29 is 14.3 Å². The minimum Gasteiger partial charge on any atom is -0.416 e.